The maximum atomic E-state index is 11.8. The first-order valence-corrected chi connectivity index (χ1v) is 6.40. The lowest BCUT2D eigenvalue weighted by molar-refractivity contribution is -0.123. The van der Waals surface area contributed by atoms with E-state index in [9.17, 15) is 4.79 Å². The summed E-state index contributed by atoms with van der Waals surface area (Å²) in [6, 6.07) is 16.1. The predicted octanol–water partition coefficient (Wildman–Crippen LogP) is 3.01. The Labute approximate surface area is 112 Å². The third-order valence-corrected chi connectivity index (χ3v) is 3.21. The highest BCUT2D eigenvalue weighted by molar-refractivity contribution is 5.86. The number of rotatable bonds is 4. The van der Waals surface area contributed by atoms with E-state index in [1.165, 1.54) is 0 Å². The standard InChI is InChI=1S/C16H16N2O/c1-2-12(10-17)16(19)18-11-14-8-5-7-13-6-3-4-9-15(13)14/h3-9,12H,2,11H2,1H3,(H,18,19). The van der Waals surface area contributed by atoms with Gasteiger partial charge >= 0.3 is 0 Å². The molecule has 3 heteroatoms. The highest BCUT2D eigenvalue weighted by Crippen LogP contribution is 2.18. The number of hydrogen-bond acceptors (Lipinski definition) is 2. The molecule has 3 nitrogen and oxygen atoms in total. The number of amides is 1. The summed E-state index contributed by atoms with van der Waals surface area (Å²) in [7, 11) is 0. The topological polar surface area (TPSA) is 52.9 Å². The van der Waals surface area contributed by atoms with E-state index in [1.807, 2.05) is 55.5 Å². The van der Waals surface area contributed by atoms with Crippen LogP contribution in [0.1, 0.15) is 18.9 Å². The van der Waals surface area contributed by atoms with Gasteiger partial charge in [0.1, 0.15) is 5.92 Å². The fourth-order valence-corrected chi connectivity index (χ4v) is 2.09. The molecule has 0 aromatic heterocycles. The highest BCUT2D eigenvalue weighted by atomic mass is 16.1. The van der Waals surface area contributed by atoms with Crippen LogP contribution in [0.25, 0.3) is 10.8 Å². The zero-order valence-electron chi connectivity index (χ0n) is 10.9. The van der Waals surface area contributed by atoms with Crippen molar-refractivity contribution >= 4 is 16.7 Å². The van der Waals surface area contributed by atoms with Crippen LogP contribution in [-0.4, -0.2) is 5.91 Å². The first-order valence-electron chi connectivity index (χ1n) is 6.40. The number of carbonyl (C=O) groups is 1. The molecule has 0 spiro atoms. The molecule has 0 radical (unpaired) electrons. The molecule has 1 atom stereocenters. The average Bonchev–Trinajstić information content (AvgIpc) is 2.46. The number of hydrogen-bond donors (Lipinski definition) is 1. The molecule has 0 bridgehead atoms. The second kappa shape index (κ2) is 6.01. The van der Waals surface area contributed by atoms with E-state index in [0.29, 0.717) is 13.0 Å². The summed E-state index contributed by atoms with van der Waals surface area (Å²) < 4.78 is 0. The summed E-state index contributed by atoms with van der Waals surface area (Å²) in [6.07, 6.45) is 0.540. The number of fused-ring (bicyclic) bond motifs is 1. The van der Waals surface area contributed by atoms with Crippen LogP contribution >= 0.6 is 0 Å². The van der Waals surface area contributed by atoms with Gasteiger partial charge in [-0.1, -0.05) is 49.4 Å². The van der Waals surface area contributed by atoms with E-state index < -0.39 is 5.92 Å². The van der Waals surface area contributed by atoms with Crippen molar-refractivity contribution < 1.29 is 4.79 Å². The highest BCUT2D eigenvalue weighted by Gasteiger charge is 2.14. The number of nitrogens with one attached hydrogen (secondary N) is 1. The summed E-state index contributed by atoms with van der Waals surface area (Å²) in [5.74, 6) is -0.757. The molecule has 1 amide bonds. The Balaban J connectivity index is 2.15. The van der Waals surface area contributed by atoms with Crippen LogP contribution in [0, 0.1) is 17.2 Å². The molecule has 2 rings (SSSR count). The minimum atomic E-state index is -0.560. The molecule has 0 aliphatic carbocycles. The van der Waals surface area contributed by atoms with Gasteiger partial charge in [0, 0.05) is 6.54 Å². The van der Waals surface area contributed by atoms with E-state index in [-0.39, 0.29) is 5.91 Å². The summed E-state index contributed by atoms with van der Waals surface area (Å²) in [5, 5.41) is 14.0. The summed E-state index contributed by atoms with van der Waals surface area (Å²) in [4.78, 5) is 11.8. The third kappa shape index (κ3) is 2.92. The van der Waals surface area contributed by atoms with E-state index in [1.54, 1.807) is 0 Å². The summed E-state index contributed by atoms with van der Waals surface area (Å²) >= 11 is 0. The SMILES string of the molecule is CCC(C#N)C(=O)NCc1cccc2ccccc12. The van der Waals surface area contributed by atoms with Crippen LogP contribution in [0.15, 0.2) is 42.5 Å². The molecular weight excluding hydrogens is 236 g/mol. The van der Waals surface area contributed by atoms with Crippen LogP contribution in [0.4, 0.5) is 0 Å². The Morgan fingerprint density at radius 1 is 1.26 bits per heavy atom. The van der Waals surface area contributed by atoms with Crippen LogP contribution in [0.2, 0.25) is 0 Å². The molecule has 1 unspecified atom stereocenters. The monoisotopic (exact) mass is 252 g/mol. The maximum absolute atomic E-state index is 11.8. The lowest BCUT2D eigenvalue weighted by Gasteiger charge is -2.10. The van der Waals surface area contributed by atoms with Crippen LogP contribution in [0.5, 0.6) is 0 Å². The molecule has 0 saturated carbocycles. The fraction of sp³-hybridized carbons (Fsp3) is 0.250. The number of nitriles is 1. The molecule has 96 valence electrons. The van der Waals surface area contributed by atoms with Crippen molar-refractivity contribution in [2.45, 2.75) is 19.9 Å². The van der Waals surface area contributed by atoms with E-state index in [0.717, 1.165) is 16.3 Å². The molecule has 0 aliphatic rings. The molecule has 2 aromatic carbocycles. The number of carbonyl (C=O) groups excluding carboxylic acids is 1. The molecule has 0 saturated heterocycles. The Morgan fingerprint density at radius 3 is 2.74 bits per heavy atom. The van der Waals surface area contributed by atoms with E-state index in [4.69, 9.17) is 5.26 Å². The zero-order valence-corrected chi connectivity index (χ0v) is 10.9. The van der Waals surface area contributed by atoms with E-state index >= 15 is 0 Å². The molecule has 19 heavy (non-hydrogen) atoms. The second-order valence-corrected chi connectivity index (χ2v) is 4.45. The Hall–Kier alpha value is -2.34. The normalized spacial score (nSPS) is 11.8. The van der Waals surface area contributed by atoms with Gasteiger partial charge in [0.15, 0.2) is 0 Å². The van der Waals surface area contributed by atoms with Crippen LogP contribution in [-0.2, 0) is 11.3 Å². The molecule has 0 heterocycles. The average molecular weight is 252 g/mol. The first kappa shape index (κ1) is 13.1. The molecular formula is C16H16N2O. The van der Waals surface area contributed by atoms with Crippen molar-refractivity contribution in [2.75, 3.05) is 0 Å². The van der Waals surface area contributed by atoms with Gasteiger partial charge in [-0.2, -0.15) is 5.26 Å². The second-order valence-electron chi connectivity index (χ2n) is 4.45. The minimum Gasteiger partial charge on any atom is -0.351 e. The van der Waals surface area contributed by atoms with Gasteiger partial charge in [-0.3, -0.25) is 4.79 Å². The summed E-state index contributed by atoms with van der Waals surface area (Å²) in [6.45, 7) is 2.30. The predicted molar refractivity (Wildman–Crippen MR) is 75.2 cm³/mol. The van der Waals surface area contributed by atoms with Gasteiger partial charge in [0.2, 0.25) is 5.91 Å². The van der Waals surface area contributed by atoms with Gasteiger partial charge in [0.25, 0.3) is 0 Å². The molecule has 2 aromatic rings. The van der Waals surface area contributed by atoms with Gasteiger partial charge < -0.3 is 5.32 Å². The number of benzene rings is 2. The molecule has 1 N–H and O–H groups in total. The van der Waals surface area contributed by atoms with Crippen LogP contribution < -0.4 is 5.32 Å². The smallest absolute Gasteiger partial charge is 0.237 e. The minimum absolute atomic E-state index is 0.196. The van der Waals surface area contributed by atoms with Gasteiger partial charge in [-0.25, -0.2) is 0 Å². The Kier molecular flexibility index (Phi) is 4.15. The fourth-order valence-electron chi connectivity index (χ4n) is 2.09. The quantitative estimate of drug-likeness (QED) is 0.909. The summed E-state index contributed by atoms with van der Waals surface area (Å²) in [5.41, 5.74) is 1.07. The van der Waals surface area contributed by atoms with Crippen molar-refractivity contribution in [3.05, 3.63) is 48.0 Å². The van der Waals surface area contributed by atoms with Crippen molar-refractivity contribution in [2.24, 2.45) is 5.92 Å². The molecule has 0 fully saturated rings. The number of nitrogens with zero attached hydrogens (tertiary/aromatic N) is 1. The van der Waals surface area contributed by atoms with Gasteiger partial charge in [-0.15, -0.1) is 0 Å². The van der Waals surface area contributed by atoms with Crippen molar-refractivity contribution in [1.82, 2.24) is 5.32 Å². The maximum Gasteiger partial charge on any atom is 0.237 e. The first-order chi connectivity index (χ1) is 9.26. The van der Waals surface area contributed by atoms with E-state index in [2.05, 4.69) is 5.32 Å². The Bertz CT molecular complexity index is 623. The van der Waals surface area contributed by atoms with Gasteiger partial charge in [0.05, 0.1) is 6.07 Å². The van der Waals surface area contributed by atoms with Crippen LogP contribution in [0.3, 0.4) is 0 Å². The van der Waals surface area contributed by atoms with Crippen molar-refractivity contribution in [1.29, 1.82) is 5.26 Å². The molecule has 0 aliphatic heterocycles. The zero-order chi connectivity index (χ0) is 13.7. The van der Waals surface area contributed by atoms with Crippen molar-refractivity contribution in [3.63, 3.8) is 0 Å². The van der Waals surface area contributed by atoms with Crippen molar-refractivity contribution in [3.8, 4) is 6.07 Å². The third-order valence-electron chi connectivity index (χ3n) is 3.21. The van der Waals surface area contributed by atoms with Gasteiger partial charge in [-0.05, 0) is 22.8 Å². The largest absolute Gasteiger partial charge is 0.351 e. The lowest BCUT2D eigenvalue weighted by atomic mass is 10.0. The lowest BCUT2D eigenvalue weighted by Crippen LogP contribution is -2.29. The Morgan fingerprint density at radius 2 is 2.00 bits per heavy atom.